The first-order chi connectivity index (χ1) is 10.0. The summed E-state index contributed by atoms with van der Waals surface area (Å²) in [6.07, 6.45) is 2.01. The average molecular weight is 341 g/mol. The number of halogens is 1. The molecule has 3 heteroatoms. The molecule has 0 aliphatic rings. The number of hydrogen-bond donors (Lipinski definition) is 0. The Morgan fingerprint density at radius 3 is 2.33 bits per heavy atom. The van der Waals surface area contributed by atoms with Gasteiger partial charge in [-0.15, -0.1) is 0 Å². The van der Waals surface area contributed by atoms with Crippen LogP contribution in [0.15, 0.2) is 53.1 Å². The molecule has 0 unspecified atom stereocenters. The summed E-state index contributed by atoms with van der Waals surface area (Å²) in [6, 6.07) is 14.6. The van der Waals surface area contributed by atoms with Crippen LogP contribution in [0.4, 0.5) is 0 Å². The molecule has 0 fully saturated rings. The molecule has 1 heterocycles. The smallest absolute Gasteiger partial charge is 0.0932 e. The van der Waals surface area contributed by atoms with Crippen LogP contribution in [0.5, 0.6) is 0 Å². The lowest BCUT2D eigenvalue weighted by molar-refractivity contribution is 0.882. The standard InChI is InChI=1S/C18H17BrN2/c1-12-9-13(2)18(14(3)10-12)17-7-8-21(20-17)16-6-4-5-15(19)11-16/h4-11H,1-3H3. The van der Waals surface area contributed by atoms with Crippen molar-refractivity contribution >= 4 is 15.9 Å². The number of hydrogen-bond acceptors (Lipinski definition) is 1. The molecule has 2 aromatic carbocycles. The van der Waals surface area contributed by atoms with E-state index in [0.29, 0.717) is 0 Å². The van der Waals surface area contributed by atoms with Crippen molar-refractivity contribution < 1.29 is 0 Å². The van der Waals surface area contributed by atoms with E-state index in [9.17, 15) is 0 Å². The molecular formula is C18H17BrN2. The van der Waals surface area contributed by atoms with Gasteiger partial charge >= 0.3 is 0 Å². The molecule has 0 aliphatic carbocycles. The first-order valence-corrected chi connectivity index (χ1v) is 7.74. The van der Waals surface area contributed by atoms with Crippen LogP contribution in [0.25, 0.3) is 16.9 Å². The molecule has 1 aromatic heterocycles. The number of nitrogens with zero attached hydrogens (tertiary/aromatic N) is 2. The fourth-order valence-electron chi connectivity index (χ4n) is 2.80. The van der Waals surface area contributed by atoms with E-state index in [1.807, 2.05) is 23.0 Å². The zero-order valence-corrected chi connectivity index (χ0v) is 14.0. The highest BCUT2D eigenvalue weighted by atomic mass is 79.9. The largest absolute Gasteiger partial charge is 0.240 e. The number of aryl methyl sites for hydroxylation is 3. The second-order valence-electron chi connectivity index (χ2n) is 5.40. The third-order valence-corrected chi connectivity index (χ3v) is 4.09. The van der Waals surface area contributed by atoms with Crippen molar-refractivity contribution in [2.75, 3.05) is 0 Å². The summed E-state index contributed by atoms with van der Waals surface area (Å²) in [4.78, 5) is 0. The van der Waals surface area contributed by atoms with E-state index in [1.54, 1.807) is 0 Å². The van der Waals surface area contributed by atoms with E-state index in [4.69, 9.17) is 5.10 Å². The Morgan fingerprint density at radius 2 is 1.67 bits per heavy atom. The maximum Gasteiger partial charge on any atom is 0.0932 e. The van der Waals surface area contributed by atoms with Crippen molar-refractivity contribution in [2.24, 2.45) is 0 Å². The molecular weight excluding hydrogens is 324 g/mol. The Hall–Kier alpha value is -1.87. The number of aromatic nitrogens is 2. The van der Waals surface area contributed by atoms with Crippen molar-refractivity contribution in [3.63, 3.8) is 0 Å². The van der Waals surface area contributed by atoms with Gasteiger partial charge in [0.05, 0.1) is 11.4 Å². The summed E-state index contributed by atoms with van der Waals surface area (Å²) in [7, 11) is 0. The Morgan fingerprint density at radius 1 is 0.952 bits per heavy atom. The normalized spacial score (nSPS) is 10.9. The Kier molecular flexibility index (Phi) is 3.68. The van der Waals surface area contributed by atoms with Crippen LogP contribution >= 0.6 is 15.9 Å². The zero-order chi connectivity index (χ0) is 15.0. The lowest BCUT2D eigenvalue weighted by atomic mass is 9.98. The van der Waals surface area contributed by atoms with Gasteiger partial charge < -0.3 is 0 Å². The van der Waals surface area contributed by atoms with E-state index in [2.05, 4.69) is 67.0 Å². The molecule has 0 radical (unpaired) electrons. The van der Waals surface area contributed by atoms with E-state index < -0.39 is 0 Å². The third-order valence-electron chi connectivity index (χ3n) is 3.59. The second-order valence-corrected chi connectivity index (χ2v) is 6.31. The predicted octanol–water partition coefficient (Wildman–Crippen LogP) is 5.23. The minimum absolute atomic E-state index is 1.02. The van der Waals surface area contributed by atoms with Gasteiger partial charge in [-0.05, 0) is 56.2 Å². The number of benzene rings is 2. The molecule has 21 heavy (non-hydrogen) atoms. The van der Waals surface area contributed by atoms with Crippen LogP contribution in [-0.4, -0.2) is 9.78 Å². The van der Waals surface area contributed by atoms with Crippen molar-refractivity contribution in [1.29, 1.82) is 0 Å². The van der Waals surface area contributed by atoms with Crippen LogP contribution < -0.4 is 0 Å². The SMILES string of the molecule is Cc1cc(C)c(-c2ccn(-c3cccc(Br)c3)n2)c(C)c1. The van der Waals surface area contributed by atoms with Crippen molar-refractivity contribution in [3.05, 3.63) is 69.8 Å². The van der Waals surface area contributed by atoms with Gasteiger partial charge in [0.25, 0.3) is 0 Å². The van der Waals surface area contributed by atoms with Crippen LogP contribution in [0.2, 0.25) is 0 Å². The van der Waals surface area contributed by atoms with E-state index in [1.165, 1.54) is 22.3 Å². The molecule has 106 valence electrons. The highest BCUT2D eigenvalue weighted by Crippen LogP contribution is 2.27. The van der Waals surface area contributed by atoms with Gasteiger partial charge in [0.15, 0.2) is 0 Å². The molecule has 3 aromatic rings. The van der Waals surface area contributed by atoms with Gasteiger partial charge in [0.1, 0.15) is 0 Å². The summed E-state index contributed by atoms with van der Waals surface area (Å²) in [5, 5.41) is 4.74. The highest BCUT2D eigenvalue weighted by molar-refractivity contribution is 9.10. The Labute approximate surface area is 133 Å². The monoisotopic (exact) mass is 340 g/mol. The second kappa shape index (κ2) is 5.49. The van der Waals surface area contributed by atoms with E-state index in [-0.39, 0.29) is 0 Å². The molecule has 0 bridgehead atoms. The fourth-order valence-corrected chi connectivity index (χ4v) is 3.19. The number of rotatable bonds is 2. The molecule has 2 nitrogen and oxygen atoms in total. The van der Waals surface area contributed by atoms with Crippen LogP contribution in [0.1, 0.15) is 16.7 Å². The molecule has 0 saturated carbocycles. The van der Waals surface area contributed by atoms with Crippen molar-refractivity contribution in [3.8, 4) is 16.9 Å². The molecule has 0 atom stereocenters. The molecule has 3 rings (SSSR count). The quantitative estimate of drug-likeness (QED) is 0.624. The van der Waals surface area contributed by atoms with Crippen LogP contribution in [0.3, 0.4) is 0 Å². The average Bonchev–Trinajstić information content (AvgIpc) is 2.87. The van der Waals surface area contributed by atoms with Gasteiger partial charge in [-0.2, -0.15) is 5.10 Å². The van der Waals surface area contributed by atoms with Gasteiger partial charge in [0.2, 0.25) is 0 Å². The molecule has 0 N–H and O–H groups in total. The minimum atomic E-state index is 1.02. The lowest BCUT2D eigenvalue weighted by Crippen LogP contribution is -1.96. The summed E-state index contributed by atoms with van der Waals surface area (Å²) in [6.45, 7) is 6.42. The third kappa shape index (κ3) is 2.79. The van der Waals surface area contributed by atoms with Gasteiger partial charge in [-0.1, -0.05) is 39.7 Å². The predicted molar refractivity (Wildman–Crippen MR) is 90.9 cm³/mol. The fraction of sp³-hybridized carbons (Fsp3) is 0.167. The zero-order valence-electron chi connectivity index (χ0n) is 12.4. The van der Waals surface area contributed by atoms with Crippen LogP contribution in [-0.2, 0) is 0 Å². The summed E-state index contributed by atoms with van der Waals surface area (Å²) >= 11 is 3.50. The molecule has 0 saturated heterocycles. The highest BCUT2D eigenvalue weighted by Gasteiger charge is 2.10. The van der Waals surface area contributed by atoms with Gasteiger partial charge in [-0.3, -0.25) is 0 Å². The van der Waals surface area contributed by atoms with Crippen LogP contribution in [0, 0.1) is 20.8 Å². The maximum absolute atomic E-state index is 4.74. The van der Waals surface area contributed by atoms with Crippen molar-refractivity contribution in [1.82, 2.24) is 9.78 Å². The van der Waals surface area contributed by atoms with E-state index >= 15 is 0 Å². The van der Waals surface area contributed by atoms with E-state index in [0.717, 1.165) is 15.9 Å². The summed E-state index contributed by atoms with van der Waals surface area (Å²) in [5.41, 5.74) is 7.14. The maximum atomic E-state index is 4.74. The van der Waals surface area contributed by atoms with Gasteiger partial charge in [0, 0.05) is 16.2 Å². The summed E-state index contributed by atoms with van der Waals surface area (Å²) in [5.74, 6) is 0. The minimum Gasteiger partial charge on any atom is -0.240 e. The molecule has 0 aliphatic heterocycles. The first-order valence-electron chi connectivity index (χ1n) is 6.94. The topological polar surface area (TPSA) is 17.8 Å². The van der Waals surface area contributed by atoms with Gasteiger partial charge in [-0.25, -0.2) is 4.68 Å². The summed E-state index contributed by atoms with van der Waals surface area (Å²) < 4.78 is 2.97. The molecule has 0 amide bonds. The first kappa shape index (κ1) is 14.1. The lowest BCUT2D eigenvalue weighted by Gasteiger charge is -2.09. The Balaban J connectivity index is 2.07. The molecule has 0 spiro atoms. The Bertz CT molecular complexity index is 779. The van der Waals surface area contributed by atoms with Crippen molar-refractivity contribution in [2.45, 2.75) is 20.8 Å².